The van der Waals surface area contributed by atoms with Crippen LogP contribution in [0.25, 0.3) is 16.1 Å². The standard InChI is InChI=1S/C21H22ClNO4S/c1-11-16(28-19(23-11)13-7-9-14(22)10-8-13)15-17(25)20(3,4)27-21(5,6)18(15)26-12(2)24/h7-10H,1-6H3. The van der Waals surface area contributed by atoms with Crippen LogP contribution >= 0.6 is 22.9 Å². The molecule has 5 nitrogen and oxygen atoms in total. The van der Waals surface area contributed by atoms with Crippen molar-refractivity contribution >= 4 is 40.3 Å². The fourth-order valence-electron chi connectivity index (χ4n) is 3.30. The van der Waals surface area contributed by atoms with Gasteiger partial charge in [-0.05, 0) is 46.8 Å². The summed E-state index contributed by atoms with van der Waals surface area (Å²) in [6.45, 7) is 10.2. The van der Waals surface area contributed by atoms with E-state index in [0.717, 1.165) is 10.6 Å². The van der Waals surface area contributed by atoms with Gasteiger partial charge in [0.05, 0.1) is 16.1 Å². The van der Waals surface area contributed by atoms with Crippen LogP contribution in [-0.2, 0) is 19.1 Å². The van der Waals surface area contributed by atoms with Crippen molar-refractivity contribution in [3.63, 3.8) is 0 Å². The highest BCUT2D eigenvalue weighted by molar-refractivity contribution is 7.16. The summed E-state index contributed by atoms with van der Waals surface area (Å²) < 4.78 is 11.4. The van der Waals surface area contributed by atoms with Gasteiger partial charge in [-0.25, -0.2) is 4.98 Å². The number of hydrogen-bond acceptors (Lipinski definition) is 6. The summed E-state index contributed by atoms with van der Waals surface area (Å²) >= 11 is 7.36. The lowest BCUT2D eigenvalue weighted by atomic mass is 9.85. The molecule has 148 valence electrons. The number of ketones is 1. The molecule has 0 bridgehead atoms. The third-order valence-corrected chi connectivity index (χ3v) is 5.89. The number of ether oxygens (including phenoxy) is 2. The SMILES string of the molecule is CC(=O)OC1=C(c2sc(-c3ccc(Cl)cc3)nc2C)C(=O)C(C)(C)OC1(C)C. The lowest BCUT2D eigenvalue weighted by Crippen LogP contribution is -2.50. The minimum Gasteiger partial charge on any atom is -0.427 e. The zero-order valence-corrected chi connectivity index (χ0v) is 18.2. The van der Waals surface area contributed by atoms with Crippen molar-refractivity contribution in [1.29, 1.82) is 0 Å². The minimum absolute atomic E-state index is 0.221. The van der Waals surface area contributed by atoms with Gasteiger partial charge in [-0.15, -0.1) is 11.3 Å². The summed E-state index contributed by atoms with van der Waals surface area (Å²) in [5.41, 5.74) is -0.0613. The summed E-state index contributed by atoms with van der Waals surface area (Å²) in [7, 11) is 0. The van der Waals surface area contributed by atoms with Crippen molar-refractivity contribution in [2.24, 2.45) is 0 Å². The third kappa shape index (κ3) is 3.77. The Bertz CT molecular complexity index is 986. The number of carbonyl (C=O) groups excluding carboxylic acids is 2. The number of aryl methyl sites for hydroxylation is 1. The number of esters is 1. The van der Waals surface area contributed by atoms with Crippen LogP contribution < -0.4 is 0 Å². The van der Waals surface area contributed by atoms with Crippen LogP contribution in [0, 0.1) is 6.92 Å². The van der Waals surface area contributed by atoms with E-state index in [1.54, 1.807) is 39.8 Å². The number of rotatable bonds is 3. The molecule has 1 aliphatic heterocycles. The largest absolute Gasteiger partial charge is 0.427 e. The van der Waals surface area contributed by atoms with E-state index in [0.29, 0.717) is 21.2 Å². The molecule has 0 atom stereocenters. The predicted molar refractivity (Wildman–Crippen MR) is 110 cm³/mol. The first-order valence-electron chi connectivity index (χ1n) is 8.84. The number of carbonyl (C=O) groups is 2. The molecule has 0 spiro atoms. The Kier molecular flexibility index (Phi) is 5.25. The zero-order valence-electron chi connectivity index (χ0n) is 16.7. The van der Waals surface area contributed by atoms with Gasteiger partial charge >= 0.3 is 5.97 Å². The number of Topliss-reactive ketones (excluding diaryl/α,β-unsaturated/α-hetero) is 1. The van der Waals surface area contributed by atoms with Crippen LogP contribution in [0.4, 0.5) is 0 Å². The van der Waals surface area contributed by atoms with Crippen molar-refractivity contribution in [2.75, 3.05) is 0 Å². The molecule has 2 heterocycles. The van der Waals surface area contributed by atoms with E-state index in [1.165, 1.54) is 18.3 Å². The van der Waals surface area contributed by atoms with E-state index < -0.39 is 17.2 Å². The summed E-state index contributed by atoms with van der Waals surface area (Å²) in [5, 5.41) is 1.40. The van der Waals surface area contributed by atoms with E-state index in [1.807, 2.05) is 19.1 Å². The Morgan fingerprint density at radius 2 is 1.75 bits per heavy atom. The fraction of sp³-hybridized carbons (Fsp3) is 0.381. The number of nitrogens with zero attached hydrogens (tertiary/aromatic N) is 1. The molecular weight excluding hydrogens is 398 g/mol. The van der Waals surface area contributed by atoms with Gasteiger partial charge in [0.2, 0.25) is 0 Å². The van der Waals surface area contributed by atoms with Gasteiger partial charge in [0.15, 0.2) is 11.5 Å². The highest BCUT2D eigenvalue weighted by Crippen LogP contribution is 2.45. The van der Waals surface area contributed by atoms with Gasteiger partial charge in [-0.2, -0.15) is 0 Å². The number of benzene rings is 1. The Balaban J connectivity index is 2.22. The molecule has 0 fully saturated rings. The summed E-state index contributed by atoms with van der Waals surface area (Å²) in [6, 6.07) is 7.35. The normalized spacial score (nSPS) is 18.3. The molecule has 7 heteroatoms. The molecule has 0 saturated heterocycles. The van der Waals surface area contributed by atoms with Gasteiger partial charge in [-0.3, -0.25) is 9.59 Å². The molecule has 1 aliphatic rings. The van der Waals surface area contributed by atoms with Crippen molar-refractivity contribution < 1.29 is 19.1 Å². The number of halogens is 1. The van der Waals surface area contributed by atoms with Crippen molar-refractivity contribution in [3.8, 4) is 10.6 Å². The number of thiazole rings is 1. The molecule has 0 radical (unpaired) electrons. The Morgan fingerprint density at radius 3 is 2.32 bits per heavy atom. The smallest absolute Gasteiger partial charge is 0.307 e. The molecule has 2 aromatic rings. The fourth-order valence-corrected chi connectivity index (χ4v) is 4.54. The molecule has 0 unspecified atom stereocenters. The van der Waals surface area contributed by atoms with Gasteiger partial charge in [0.1, 0.15) is 16.2 Å². The lowest BCUT2D eigenvalue weighted by molar-refractivity contribution is -0.165. The van der Waals surface area contributed by atoms with Crippen LogP contribution in [0.5, 0.6) is 0 Å². The quantitative estimate of drug-likeness (QED) is 0.639. The number of aromatic nitrogens is 1. The van der Waals surface area contributed by atoms with E-state index in [2.05, 4.69) is 4.98 Å². The van der Waals surface area contributed by atoms with Gasteiger partial charge in [0, 0.05) is 17.5 Å². The molecule has 1 aromatic carbocycles. The van der Waals surface area contributed by atoms with Crippen molar-refractivity contribution in [2.45, 2.75) is 52.7 Å². The predicted octanol–water partition coefficient (Wildman–Crippen LogP) is 5.20. The maximum atomic E-state index is 13.3. The Morgan fingerprint density at radius 1 is 1.14 bits per heavy atom. The van der Waals surface area contributed by atoms with Crippen LogP contribution in [0.1, 0.15) is 45.2 Å². The summed E-state index contributed by atoms with van der Waals surface area (Å²) in [6.07, 6.45) is 0. The lowest BCUT2D eigenvalue weighted by Gasteiger charge is -2.41. The average Bonchev–Trinajstić information content (AvgIpc) is 2.94. The van der Waals surface area contributed by atoms with E-state index in [4.69, 9.17) is 21.1 Å². The van der Waals surface area contributed by atoms with Crippen LogP contribution in [0.15, 0.2) is 30.0 Å². The van der Waals surface area contributed by atoms with E-state index >= 15 is 0 Å². The molecule has 0 saturated carbocycles. The maximum Gasteiger partial charge on any atom is 0.307 e. The van der Waals surface area contributed by atoms with Crippen LogP contribution in [-0.4, -0.2) is 27.9 Å². The Hall–Kier alpha value is -2.02. The van der Waals surface area contributed by atoms with Gasteiger partial charge in [-0.1, -0.05) is 23.7 Å². The monoisotopic (exact) mass is 419 g/mol. The molecule has 1 aromatic heterocycles. The zero-order chi connectivity index (χ0) is 20.9. The molecule has 0 amide bonds. The second kappa shape index (κ2) is 7.10. The van der Waals surface area contributed by atoms with Crippen LogP contribution in [0.3, 0.4) is 0 Å². The summed E-state index contributed by atoms with van der Waals surface area (Å²) in [5.74, 6) is -0.520. The Labute approximate surface area is 173 Å². The first-order valence-corrected chi connectivity index (χ1v) is 10.0. The topological polar surface area (TPSA) is 65.5 Å². The number of hydrogen-bond donors (Lipinski definition) is 0. The van der Waals surface area contributed by atoms with Gasteiger partial charge in [0.25, 0.3) is 0 Å². The average molecular weight is 420 g/mol. The van der Waals surface area contributed by atoms with E-state index in [-0.39, 0.29) is 11.5 Å². The van der Waals surface area contributed by atoms with Crippen molar-refractivity contribution in [1.82, 2.24) is 4.98 Å². The summed E-state index contributed by atoms with van der Waals surface area (Å²) in [4.78, 5) is 30.3. The second-order valence-electron chi connectivity index (χ2n) is 7.69. The maximum absolute atomic E-state index is 13.3. The first-order chi connectivity index (χ1) is 12.9. The molecular formula is C21H22ClNO4S. The molecule has 28 heavy (non-hydrogen) atoms. The first kappa shape index (κ1) is 20.7. The highest BCUT2D eigenvalue weighted by Gasteiger charge is 2.49. The van der Waals surface area contributed by atoms with E-state index in [9.17, 15) is 9.59 Å². The van der Waals surface area contributed by atoms with Crippen molar-refractivity contribution in [3.05, 3.63) is 45.6 Å². The molecule has 3 rings (SSSR count). The van der Waals surface area contributed by atoms with Crippen LogP contribution in [0.2, 0.25) is 5.02 Å². The second-order valence-corrected chi connectivity index (χ2v) is 9.13. The highest BCUT2D eigenvalue weighted by atomic mass is 35.5. The molecule has 0 N–H and O–H groups in total. The third-order valence-electron chi connectivity index (χ3n) is 4.42. The minimum atomic E-state index is -1.06. The van der Waals surface area contributed by atoms with Gasteiger partial charge < -0.3 is 9.47 Å². The molecule has 0 aliphatic carbocycles.